The number of rotatable bonds is 7. The van der Waals surface area contributed by atoms with Crippen molar-refractivity contribution < 1.29 is 23.4 Å². The van der Waals surface area contributed by atoms with Gasteiger partial charge in [0.15, 0.2) is 11.5 Å². The van der Waals surface area contributed by atoms with E-state index in [0.29, 0.717) is 27.8 Å². The van der Waals surface area contributed by atoms with E-state index in [1.54, 1.807) is 25.3 Å². The Hall–Kier alpha value is -3.19. The van der Waals surface area contributed by atoms with Crippen molar-refractivity contribution in [3.05, 3.63) is 47.9 Å². The molecule has 7 nitrogen and oxygen atoms in total. The van der Waals surface area contributed by atoms with Gasteiger partial charge in [0, 0.05) is 5.56 Å². The Bertz CT molecular complexity index is 958. The molecule has 146 valence electrons. The average Bonchev–Trinajstić information content (AvgIpc) is 3.23. The number of nitrogens with zero attached hydrogens (tertiary/aromatic N) is 2. The van der Waals surface area contributed by atoms with Crippen molar-refractivity contribution in [2.75, 3.05) is 28.4 Å². The summed E-state index contributed by atoms with van der Waals surface area (Å²) in [5.41, 5.74) is 1.49. The van der Waals surface area contributed by atoms with Gasteiger partial charge in [0.25, 0.3) is 5.89 Å². The van der Waals surface area contributed by atoms with Gasteiger partial charge in [-0.2, -0.15) is 0 Å². The molecule has 0 spiro atoms. The van der Waals surface area contributed by atoms with Gasteiger partial charge in [-0.05, 0) is 35.9 Å². The summed E-state index contributed by atoms with van der Waals surface area (Å²) in [5.74, 6) is 2.67. The topological polar surface area (TPSA) is 75.8 Å². The SMILES string of the molecule is COc1ccc(/C=C(\Cl)c2nnc(-c3cc(OC)c(OC)c(OC)c3)o2)cc1. The number of hydrogen-bond donors (Lipinski definition) is 0. The zero-order chi connectivity index (χ0) is 20.1. The van der Waals surface area contributed by atoms with Gasteiger partial charge in [-0.25, -0.2) is 0 Å². The molecular weight excluding hydrogens is 384 g/mol. The molecule has 0 radical (unpaired) electrons. The highest BCUT2D eigenvalue weighted by Gasteiger charge is 2.18. The second-order valence-electron chi connectivity index (χ2n) is 5.59. The third kappa shape index (κ3) is 4.04. The Labute approximate surface area is 167 Å². The summed E-state index contributed by atoms with van der Waals surface area (Å²) in [6, 6.07) is 10.9. The van der Waals surface area contributed by atoms with E-state index in [0.717, 1.165) is 11.3 Å². The zero-order valence-corrected chi connectivity index (χ0v) is 16.6. The maximum Gasteiger partial charge on any atom is 0.259 e. The molecule has 1 aromatic heterocycles. The van der Waals surface area contributed by atoms with Crippen LogP contribution in [-0.2, 0) is 0 Å². The quantitative estimate of drug-likeness (QED) is 0.575. The fraction of sp³-hybridized carbons (Fsp3) is 0.200. The van der Waals surface area contributed by atoms with Crippen molar-refractivity contribution in [2.45, 2.75) is 0 Å². The molecule has 0 saturated carbocycles. The van der Waals surface area contributed by atoms with Crippen molar-refractivity contribution >= 4 is 22.7 Å². The monoisotopic (exact) mass is 402 g/mol. The van der Waals surface area contributed by atoms with Crippen LogP contribution >= 0.6 is 11.6 Å². The van der Waals surface area contributed by atoms with Crippen molar-refractivity contribution in [3.63, 3.8) is 0 Å². The van der Waals surface area contributed by atoms with Crippen LogP contribution in [0.25, 0.3) is 22.6 Å². The van der Waals surface area contributed by atoms with E-state index in [1.807, 2.05) is 24.3 Å². The van der Waals surface area contributed by atoms with Crippen LogP contribution in [0.1, 0.15) is 11.5 Å². The van der Waals surface area contributed by atoms with E-state index in [1.165, 1.54) is 21.3 Å². The van der Waals surface area contributed by atoms with E-state index in [2.05, 4.69) is 10.2 Å². The van der Waals surface area contributed by atoms with Crippen LogP contribution < -0.4 is 18.9 Å². The molecule has 0 atom stereocenters. The van der Waals surface area contributed by atoms with Crippen LogP contribution in [0.5, 0.6) is 23.0 Å². The summed E-state index contributed by atoms with van der Waals surface area (Å²) in [7, 11) is 6.22. The largest absolute Gasteiger partial charge is 0.497 e. The molecule has 0 unspecified atom stereocenters. The minimum atomic E-state index is 0.196. The molecule has 28 heavy (non-hydrogen) atoms. The van der Waals surface area contributed by atoms with Crippen molar-refractivity contribution in [3.8, 4) is 34.5 Å². The fourth-order valence-corrected chi connectivity index (χ4v) is 2.75. The number of aromatic nitrogens is 2. The van der Waals surface area contributed by atoms with Crippen LogP contribution in [0.15, 0.2) is 40.8 Å². The minimum absolute atomic E-state index is 0.196. The summed E-state index contributed by atoms with van der Waals surface area (Å²) < 4.78 is 26.9. The van der Waals surface area contributed by atoms with Gasteiger partial charge in [-0.1, -0.05) is 23.7 Å². The first-order chi connectivity index (χ1) is 13.6. The second kappa shape index (κ2) is 8.67. The fourth-order valence-electron chi connectivity index (χ4n) is 2.55. The second-order valence-corrected chi connectivity index (χ2v) is 6.00. The molecule has 0 aliphatic carbocycles. The molecule has 3 aromatic rings. The number of hydrogen-bond acceptors (Lipinski definition) is 7. The molecule has 0 fully saturated rings. The van der Waals surface area contributed by atoms with E-state index in [4.69, 9.17) is 35.0 Å². The van der Waals surface area contributed by atoms with Gasteiger partial charge in [0.2, 0.25) is 11.6 Å². The maximum absolute atomic E-state index is 6.34. The lowest BCUT2D eigenvalue weighted by molar-refractivity contribution is 0.324. The van der Waals surface area contributed by atoms with Crippen LogP contribution in [0.3, 0.4) is 0 Å². The highest BCUT2D eigenvalue weighted by molar-refractivity contribution is 6.50. The first-order valence-corrected chi connectivity index (χ1v) is 8.63. The highest BCUT2D eigenvalue weighted by atomic mass is 35.5. The van der Waals surface area contributed by atoms with Gasteiger partial charge in [-0.15, -0.1) is 10.2 Å². The van der Waals surface area contributed by atoms with E-state index in [9.17, 15) is 0 Å². The van der Waals surface area contributed by atoms with Crippen molar-refractivity contribution in [1.29, 1.82) is 0 Å². The Kier molecular flexibility index (Phi) is 6.06. The third-order valence-corrected chi connectivity index (χ3v) is 4.22. The Morgan fingerprint density at radius 1 is 0.893 bits per heavy atom. The third-order valence-electron chi connectivity index (χ3n) is 3.95. The standard InChI is InChI=1S/C20H19ClN2O5/c1-24-14-7-5-12(6-8-14)9-15(21)20-23-22-19(28-20)13-10-16(25-2)18(27-4)17(11-13)26-3/h5-11H,1-4H3/b15-9-. The number of halogens is 1. The van der Waals surface area contributed by atoms with Crippen LogP contribution in [0.4, 0.5) is 0 Å². The van der Waals surface area contributed by atoms with E-state index in [-0.39, 0.29) is 11.8 Å². The summed E-state index contributed by atoms with van der Waals surface area (Å²) in [4.78, 5) is 0. The molecular formula is C20H19ClN2O5. The molecule has 0 aliphatic rings. The predicted molar refractivity (Wildman–Crippen MR) is 106 cm³/mol. The smallest absolute Gasteiger partial charge is 0.259 e. The van der Waals surface area contributed by atoms with Crippen molar-refractivity contribution in [2.24, 2.45) is 0 Å². The zero-order valence-electron chi connectivity index (χ0n) is 15.9. The molecule has 0 amide bonds. The lowest BCUT2D eigenvalue weighted by Gasteiger charge is -2.12. The van der Waals surface area contributed by atoms with Gasteiger partial charge < -0.3 is 23.4 Å². The summed E-state index contributed by atoms with van der Waals surface area (Å²) >= 11 is 6.34. The molecule has 0 N–H and O–H groups in total. The molecule has 0 aliphatic heterocycles. The van der Waals surface area contributed by atoms with Gasteiger partial charge in [-0.3, -0.25) is 0 Å². The Morgan fingerprint density at radius 3 is 2.07 bits per heavy atom. The van der Waals surface area contributed by atoms with E-state index >= 15 is 0 Å². The van der Waals surface area contributed by atoms with Crippen LogP contribution in [0, 0.1) is 0 Å². The van der Waals surface area contributed by atoms with Gasteiger partial charge in [0.1, 0.15) is 10.8 Å². The summed E-state index contributed by atoms with van der Waals surface area (Å²) in [5, 5.41) is 8.41. The van der Waals surface area contributed by atoms with Gasteiger partial charge in [0.05, 0.1) is 28.4 Å². The Balaban J connectivity index is 1.92. The average molecular weight is 403 g/mol. The number of benzene rings is 2. The highest BCUT2D eigenvalue weighted by Crippen LogP contribution is 2.41. The molecule has 3 rings (SSSR count). The predicted octanol–water partition coefficient (Wildman–Crippen LogP) is 4.51. The molecule has 2 aromatic carbocycles. The lowest BCUT2D eigenvalue weighted by Crippen LogP contribution is -1.95. The van der Waals surface area contributed by atoms with Gasteiger partial charge >= 0.3 is 0 Å². The van der Waals surface area contributed by atoms with Crippen LogP contribution in [-0.4, -0.2) is 38.6 Å². The molecule has 0 bridgehead atoms. The first kappa shape index (κ1) is 19.6. The number of methoxy groups -OCH3 is 4. The maximum atomic E-state index is 6.34. The normalized spacial score (nSPS) is 11.2. The summed E-state index contributed by atoms with van der Waals surface area (Å²) in [6.07, 6.45) is 1.73. The Morgan fingerprint density at radius 2 is 1.54 bits per heavy atom. The molecule has 1 heterocycles. The van der Waals surface area contributed by atoms with E-state index < -0.39 is 0 Å². The lowest BCUT2D eigenvalue weighted by atomic mass is 10.2. The summed E-state index contributed by atoms with van der Waals surface area (Å²) in [6.45, 7) is 0. The molecule has 8 heteroatoms. The first-order valence-electron chi connectivity index (χ1n) is 8.25. The van der Waals surface area contributed by atoms with Crippen LogP contribution in [0.2, 0.25) is 0 Å². The van der Waals surface area contributed by atoms with Crippen molar-refractivity contribution in [1.82, 2.24) is 10.2 Å². The number of ether oxygens (including phenoxy) is 4. The minimum Gasteiger partial charge on any atom is -0.497 e. The molecule has 0 saturated heterocycles.